The van der Waals surface area contributed by atoms with Gasteiger partial charge in [-0.25, -0.2) is 4.79 Å². The predicted molar refractivity (Wildman–Crippen MR) is 73.2 cm³/mol. The summed E-state index contributed by atoms with van der Waals surface area (Å²) in [5, 5.41) is 13.7. The minimum atomic E-state index is -0.869. The van der Waals surface area contributed by atoms with E-state index in [9.17, 15) is 19.5 Å². The number of imide groups is 2. The molecule has 0 bridgehead atoms. The molecule has 1 aromatic rings. The lowest BCUT2D eigenvalue weighted by Crippen LogP contribution is -2.51. The van der Waals surface area contributed by atoms with Crippen molar-refractivity contribution in [1.29, 1.82) is 0 Å². The van der Waals surface area contributed by atoms with E-state index in [0.717, 1.165) is 0 Å². The van der Waals surface area contributed by atoms with Crippen LogP contribution in [0.5, 0.6) is 5.75 Å². The van der Waals surface area contributed by atoms with Crippen molar-refractivity contribution in [1.82, 2.24) is 10.6 Å². The van der Waals surface area contributed by atoms with Crippen LogP contribution in [-0.4, -0.2) is 23.0 Å². The number of nitrogens with one attached hydrogen (secondary N) is 2. The highest BCUT2D eigenvalue weighted by atomic mass is 79.9. The fourth-order valence-electron chi connectivity index (χ4n) is 1.46. The molecule has 1 heterocycles. The Balaban J connectivity index is 2.49. The number of rotatable bonds is 1. The zero-order valence-corrected chi connectivity index (χ0v) is 12.3. The van der Waals surface area contributed by atoms with Crippen LogP contribution in [0.4, 0.5) is 4.79 Å². The van der Waals surface area contributed by atoms with E-state index in [-0.39, 0.29) is 16.9 Å². The summed E-state index contributed by atoms with van der Waals surface area (Å²) in [5.41, 5.74) is -0.00389. The topological polar surface area (TPSA) is 95.5 Å². The van der Waals surface area contributed by atoms with Crippen LogP contribution in [0.1, 0.15) is 5.56 Å². The van der Waals surface area contributed by atoms with Gasteiger partial charge in [0.05, 0.1) is 4.47 Å². The number of urea groups is 1. The molecule has 1 aliphatic heterocycles. The minimum Gasteiger partial charge on any atom is -0.506 e. The van der Waals surface area contributed by atoms with Gasteiger partial charge in [0.1, 0.15) is 11.3 Å². The number of carbonyl (C=O) groups excluding carboxylic acids is 3. The zero-order valence-electron chi connectivity index (χ0n) is 9.16. The lowest BCUT2D eigenvalue weighted by Gasteiger charge is -2.14. The van der Waals surface area contributed by atoms with Crippen LogP contribution < -0.4 is 10.6 Å². The second-order valence-corrected chi connectivity index (χ2v) is 5.39. The van der Waals surface area contributed by atoms with Gasteiger partial charge in [-0.15, -0.1) is 0 Å². The van der Waals surface area contributed by atoms with Crippen LogP contribution in [0.25, 0.3) is 6.08 Å². The molecule has 0 aliphatic carbocycles. The molecule has 19 heavy (non-hydrogen) atoms. The quantitative estimate of drug-likeness (QED) is 0.502. The number of amides is 4. The molecule has 1 aliphatic rings. The third-order valence-corrected chi connectivity index (χ3v) is 3.36. The molecule has 0 spiro atoms. The molecule has 1 saturated heterocycles. The number of carbonyl (C=O) groups is 3. The molecule has 4 amide bonds. The molecular formula is C11H6Br2N2O4. The van der Waals surface area contributed by atoms with E-state index in [2.05, 4.69) is 31.9 Å². The van der Waals surface area contributed by atoms with Crippen molar-refractivity contribution in [2.75, 3.05) is 0 Å². The molecule has 0 saturated carbocycles. The maximum Gasteiger partial charge on any atom is 0.328 e. The SMILES string of the molecule is O=C1NC(=O)C(=Cc2cc(Br)cc(Br)c2O)C(=O)N1. The summed E-state index contributed by atoms with van der Waals surface area (Å²) >= 11 is 6.36. The first-order valence-corrected chi connectivity index (χ1v) is 6.53. The maximum atomic E-state index is 11.5. The largest absolute Gasteiger partial charge is 0.506 e. The molecule has 0 atom stereocenters. The van der Waals surface area contributed by atoms with Gasteiger partial charge in [-0.3, -0.25) is 20.2 Å². The van der Waals surface area contributed by atoms with Gasteiger partial charge >= 0.3 is 6.03 Å². The summed E-state index contributed by atoms with van der Waals surface area (Å²) in [5.74, 6) is -1.75. The van der Waals surface area contributed by atoms with E-state index in [0.29, 0.717) is 8.95 Å². The summed E-state index contributed by atoms with van der Waals surface area (Å²) < 4.78 is 1.05. The zero-order chi connectivity index (χ0) is 14.2. The number of halogens is 2. The molecule has 98 valence electrons. The molecule has 3 N–H and O–H groups in total. The Labute approximate surface area is 124 Å². The van der Waals surface area contributed by atoms with E-state index < -0.39 is 17.8 Å². The number of hydrogen-bond donors (Lipinski definition) is 3. The normalized spacial score (nSPS) is 15.1. The summed E-state index contributed by atoms with van der Waals surface area (Å²) in [7, 11) is 0. The van der Waals surface area contributed by atoms with E-state index in [1.54, 1.807) is 6.07 Å². The highest BCUT2D eigenvalue weighted by molar-refractivity contribution is 9.11. The second-order valence-electron chi connectivity index (χ2n) is 3.62. The minimum absolute atomic E-state index is 0.117. The first-order chi connectivity index (χ1) is 8.88. The lowest BCUT2D eigenvalue weighted by atomic mass is 10.1. The molecule has 0 unspecified atom stereocenters. The smallest absolute Gasteiger partial charge is 0.328 e. The number of aromatic hydroxyl groups is 1. The first-order valence-electron chi connectivity index (χ1n) is 4.95. The van der Waals surface area contributed by atoms with Crippen LogP contribution in [0.2, 0.25) is 0 Å². The van der Waals surface area contributed by atoms with Crippen molar-refractivity contribution in [2.45, 2.75) is 0 Å². The van der Waals surface area contributed by atoms with Crippen molar-refractivity contribution in [3.63, 3.8) is 0 Å². The Morgan fingerprint density at radius 1 is 1.05 bits per heavy atom. The monoisotopic (exact) mass is 388 g/mol. The van der Waals surface area contributed by atoms with Crippen LogP contribution in [-0.2, 0) is 9.59 Å². The summed E-state index contributed by atoms with van der Waals surface area (Å²) in [6.45, 7) is 0. The van der Waals surface area contributed by atoms with Crippen LogP contribution >= 0.6 is 31.9 Å². The van der Waals surface area contributed by atoms with Gasteiger partial charge in [-0.1, -0.05) is 15.9 Å². The molecule has 8 heteroatoms. The van der Waals surface area contributed by atoms with E-state index in [1.807, 2.05) is 10.6 Å². The average Bonchev–Trinajstić information content (AvgIpc) is 2.29. The third-order valence-electron chi connectivity index (χ3n) is 2.30. The molecule has 2 rings (SSSR count). The summed E-state index contributed by atoms with van der Waals surface area (Å²) in [6, 6.07) is 2.28. The average molecular weight is 390 g/mol. The van der Waals surface area contributed by atoms with E-state index in [1.165, 1.54) is 12.1 Å². The van der Waals surface area contributed by atoms with Gasteiger partial charge in [-0.2, -0.15) is 0 Å². The Bertz CT molecular complexity index is 618. The van der Waals surface area contributed by atoms with Crippen LogP contribution in [0.15, 0.2) is 26.7 Å². The molecule has 1 aromatic carbocycles. The van der Waals surface area contributed by atoms with Gasteiger partial charge in [-0.05, 0) is 34.1 Å². The fraction of sp³-hybridized carbons (Fsp3) is 0. The molecule has 6 nitrogen and oxygen atoms in total. The van der Waals surface area contributed by atoms with Gasteiger partial charge in [0, 0.05) is 10.0 Å². The van der Waals surface area contributed by atoms with Crippen molar-refractivity contribution >= 4 is 55.8 Å². The maximum absolute atomic E-state index is 11.5. The van der Waals surface area contributed by atoms with Gasteiger partial charge in [0.25, 0.3) is 11.8 Å². The fourth-order valence-corrected chi connectivity index (χ4v) is 2.72. The first kappa shape index (κ1) is 13.8. The van der Waals surface area contributed by atoms with E-state index in [4.69, 9.17) is 0 Å². The molecular weight excluding hydrogens is 384 g/mol. The summed E-state index contributed by atoms with van der Waals surface area (Å²) in [6.07, 6.45) is 1.20. The Morgan fingerprint density at radius 2 is 1.63 bits per heavy atom. The Morgan fingerprint density at radius 3 is 2.21 bits per heavy atom. The lowest BCUT2D eigenvalue weighted by molar-refractivity contribution is -0.123. The van der Waals surface area contributed by atoms with Crippen molar-refractivity contribution in [3.05, 3.63) is 32.2 Å². The van der Waals surface area contributed by atoms with Crippen molar-refractivity contribution in [2.24, 2.45) is 0 Å². The second kappa shape index (κ2) is 5.14. The number of barbiturate groups is 1. The van der Waals surface area contributed by atoms with Gasteiger partial charge in [0.2, 0.25) is 0 Å². The highest BCUT2D eigenvalue weighted by Crippen LogP contribution is 2.33. The van der Waals surface area contributed by atoms with Crippen molar-refractivity contribution < 1.29 is 19.5 Å². The number of hydrogen-bond acceptors (Lipinski definition) is 4. The number of phenolic OH excluding ortho intramolecular Hbond substituents is 1. The Kier molecular flexibility index (Phi) is 3.72. The van der Waals surface area contributed by atoms with Crippen LogP contribution in [0.3, 0.4) is 0 Å². The summed E-state index contributed by atoms with van der Waals surface area (Å²) in [4.78, 5) is 34.0. The molecule has 0 aromatic heterocycles. The number of benzene rings is 1. The standard InChI is InChI=1S/C11H6Br2N2O4/c12-5-1-4(8(16)7(13)3-5)2-6-9(17)14-11(19)15-10(6)18/h1-3,16H,(H2,14,15,17,18,19). The van der Waals surface area contributed by atoms with E-state index >= 15 is 0 Å². The molecule has 0 radical (unpaired) electrons. The molecule has 1 fully saturated rings. The van der Waals surface area contributed by atoms with Gasteiger partial charge < -0.3 is 5.11 Å². The Hall–Kier alpha value is -1.67. The third kappa shape index (κ3) is 2.85. The van der Waals surface area contributed by atoms with Crippen molar-refractivity contribution in [3.8, 4) is 5.75 Å². The van der Waals surface area contributed by atoms with Crippen LogP contribution in [0, 0.1) is 0 Å². The van der Waals surface area contributed by atoms with Gasteiger partial charge in [0.15, 0.2) is 0 Å². The predicted octanol–water partition coefficient (Wildman–Crippen LogP) is 1.67. The number of phenols is 1. The highest BCUT2D eigenvalue weighted by Gasteiger charge is 2.28.